The van der Waals surface area contributed by atoms with E-state index in [1.54, 1.807) is 0 Å². The van der Waals surface area contributed by atoms with E-state index in [-0.39, 0.29) is 24.2 Å². The van der Waals surface area contributed by atoms with Crippen LogP contribution in [-0.2, 0) is 14.3 Å². The highest BCUT2D eigenvalue weighted by molar-refractivity contribution is 5.83. The van der Waals surface area contributed by atoms with Crippen LogP contribution >= 0.6 is 0 Å². The van der Waals surface area contributed by atoms with Gasteiger partial charge in [-0.15, -0.1) is 0 Å². The van der Waals surface area contributed by atoms with Crippen LogP contribution in [0.15, 0.2) is 0 Å². The van der Waals surface area contributed by atoms with Gasteiger partial charge in [-0.05, 0) is 13.3 Å². The number of hydrogen-bond donors (Lipinski definition) is 1. The minimum Gasteiger partial charge on any atom is -0.480 e. The van der Waals surface area contributed by atoms with Gasteiger partial charge in [-0.2, -0.15) is 0 Å². The number of carbonyl (C=O) groups is 2. The topological polar surface area (TPSA) is 66.8 Å². The van der Waals surface area contributed by atoms with Crippen LogP contribution in [0.5, 0.6) is 0 Å². The summed E-state index contributed by atoms with van der Waals surface area (Å²) in [5.41, 5.74) is 0. The van der Waals surface area contributed by atoms with Gasteiger partial charge in [0.1, 0.15) is 6.04 Å². The van der Waals surface area contributed by atoms with Crippen molar-refractivity contribution in [3.63, 3.8) is 0 Å². The monoisotopic (exact) mass is 213 g/mol. The van der Waals surface area contributed by atoms with E-state index >= 15 is 0 Å². The quantitative estimate of drug-likeness (QED) is 0.677. The SMILES string of the molecule is CC(=O)N1[C@@H](C(=O)O)C[C@H]2O[C@@H](C)C[C@H]21. The van der Waals surface area contributed by atoms with Gasteiger partial charge in [0.15, 0.2) is 0 Å². The molecule has 0 radical (unpaired) electrons. The van der Waals surface area contributed by atoms with E-state index in [4.69, 9.17) is 9.84 Å². The number of carboxylic acids is 1. The number of hydrogen-bond acceptors (Lipinski definition) is 3. The first kappa shape index (κ1) is 10.4. The van der Waals surface area contributed by atoms with Crippen molar-refractivity contribution in [1.29, 1.82) is 0 Å². The Labute approximate surface area is 88.0 Å². The highest BCUT2D eigenvalue weighted by atomic mass is 16.5. The Morgan fingerprint density at radius 3 is 2.60 bits per heavy atom. The number of carbonyl (C=O) groups excluding carboxylic acids is 1. The Hall–Kier alpha value is -1.10. The molecular formula is C10H15NO4. The van der Waals surface area contributed by atoms with Crippen LogP contribution in [0.25, 0.3) is 0 Å². The molecule has 5 nitrogen and oxygen atoms in total. The third kappa shape index (κ3) is 1.61. The third-order valence-electron chi connectivity index (χ3n) is 3.21. The predicted octanol–water partition coefficient (Wildman–Crippen LogP) is 0.238. The Morgan fingerprint density at radius 1 is 1.40 bits per heavy atom. The molecule has 15 heavy (non-hydrogen) atoms. The summed E-state index contributed by atoms with van der Waals surface area (Å²) in [6, 6.07) is -0.747. The molecule has 0 saturated carbocycles. The second-order valence-electron chi connectivity index (χ2n) is 4.30. The van der Waals surface area contributed by atoms with Crippen molar-refractivity contribution in [2.45, 2.75) is 51.0 Å². The van der Waals surface area contributed by atoms with Crippen molar-refractivity contribution >= 4 is 11.9 Å². The van der Waals surface area contributed by atoms with E-state index in [2.05, 4.69) is 0 Å². The number of ether oxygens (including phenoxy) is 1. The zero-order valence-electron chi connectivity index (χ0n) is 8.84. The van der Waals surface area contributed by atoms with E-state index < -0.39 is 12.0 Å². The summed E-state index contributed by atoms with van der Waals surface area (Å²) in [7, 11) is 0. The second-order valence-corrected chi connectivity index (χ2v) is 4.30. The van der Waals surface area contributed by atoms with Crippen LogP contribution in [0.1, 0.15) is 26.7 Å². The van der Waals surface area contributed by atoms with Gasteiger partial charge in [0.05, 0.1) is 18.2 Å². The van der Waals surface area contributed by atoms with E-state index in [1.165, 1.54) is 11.8 Å². The molecule has 0 aromatic carbocycles. The van der Waals surface area contributed by atoms with Gasteiger partial charge in [0, 0.05) is 13.3 Å². The lowest BCUT2D eigenvalue weighted by Gasteiger charge is -2.25. The van der Waals surface area contributed by atoms with Crippen molar-refractivity contribution < 1.29 is 19.4 Å². The van der Waals surface area contributed by atoms with E-state index in [9.17, 15) is 9.59 Å². The fourth-order valence-electron chi connectivity index (χ4n) is 2.68. The first-order valence-electron chi connectivity index (χ1n) is 5.18. The molecule has 2 aliphatic heterocycles. The fourth-order valence-corrected chi connectivity index (χ4v) is 2.68. The molecule has 0 spiro atoms. The number of rotatable bonds is 1. The molecule has 2 aliphatic rings. The standard InChI is InChI=1S/C10H15NO4/c1-5-3-7-9(15-5)4-8(10(13)14)11(7)6(2)12/h5,7-9H,3-4H2,1-2H3,(H,13,14)/t5-,7+,8+,9+/m0/s1. The number of amides is 1. The molecule has 2 saturated heterocycles. The molecule has 2 fully saturated rings. The molecule has 0 aromatic heterocycles. The summed E-state index contributed by atoms with van der Waals surface area (Å²) < 4.78 is 5.59. The lowest BCUT2D eigenvalue weighted by atomic mass is 10.1. The second kappa shape index (κ2) is 3.48. The fraction of sp³-hybridized carbons (Fsp3) is 0.800. The molecule has 0 bridgehead atoms. The molecular weight excluding hydrogens is 198 g/mol. The maximum atomic E-state index is 11.4. The molecule has 2 rings (SSSR count). The summed E-state index contributed by atoms with van der Waals surface area (Å²) in [6.07, 6.45) is 1.19. The van der Waals surface area contributed by atoms with Gasteiger partial charge in [-0.25, -0.2) is 4.79 Å². The zero-order valence-corrected chi connectivity index (χ0v) is 8.84. The van der Waals surface area contributed by atoms with Crippen LogP contribution in [0.4, 0.5) is 0 Å². The van der Waals surface area contributed by atoms with Crippen molar-refractivity contribution in [2.24, 2.45) is 0 Å². The van der Waals surface area contributed by atoms with Crippen molar-refractivity contribution in [2.75, 3.05) is 0 Å². The normalized spacial score (nSPS) is 39.2. The Kier molecular flexibility index (Phi) is 2.42. The average molecular weight is 213 g/mol. The lowest BCUT2D eigenvalue weighted by molar-refractivity contribution is -0.148. The summed E-state index contributed by atoms with van der Waals surface area (Å²) in [6.45, 7) is 3.37. The summed E-state index contributed by atoms with van der Waals surface area (Å²) in [5, 5.41) is 9.00. The average Bonchev–Trinajstić information content (AvgIpc) is 2.58. The maximum absolute atomic E-state index is 11.4. The largest absolute Gasteiger partial charge is 0.480 e. The molecule has 0 unspecified atom stereocenters. The smallest absolute Gasteiger partial charge is 0.326 e. The highest BCUT2D eigenvalue weighted by Gasteiger charge is 2.50. The maximum Gasteiger partial charge on any atom is 0.326 e. The van der Waals surface area contributed by atoms with Crippen molar-refractivity contribution in [1.82, 2.24) is 4.90 Å². The van der Waals surface area contributed by atoms with Crippen LogP contribution in [0.3, 0.4) is 0 Å². The minimum absolute atomic E-state index is 0.0430. The first-order chi connectivity index (χ1) is 7.00. The number of nitrogens with zero attached hydrogens (tertiary/aromatic N) is 1. The van der Waals surface area contributed by atoms with Crippen LogP contribution < -0.4 is 0 Å². The zero-order chi connectivity index (χ0) is 11.2. The molecule has 2 heterocycles. The summed E-state index contributed by atoms with van der Waals surface area (Å²) >= 11 is 0. The number of carboxylic acid groups (broad SMARTS) is 1. The molecule has 1 N–H and O–H groups in total. The van der Waals surface area contributed by atoms with Gasteiger partial charge in [-0.1, -0.05) is 0 Å². The minimum atomic E-state index is -0.934. The molecule has 84 valence electrons. The first-order valence-corrected chi connectivity index (χ1v) is 5.18. The van der Waals surface area contributed by atoms with Gasteiger partial charge in [0.25, 0.3) is 0 Å². The Balaban J connectivity index is 2.21. The number of fused-ring (bicyclic) bond motifs is 1. The summed E-state index contributed by atoms with van der Waals surface area (Å²) in [5.74, 6) is -1.11. The van der Waals surface area contributed by atoms with Gasteiger partial charge >= 0.3 is 5.97 Å². The van der Waals surface area contributed by atoms with E-state index in [1.807, 2.05) is 6.92 Å². The van der Waals surface area contributed by atoms with Crippen LogP contribution in [0, 0.1) is 0 Å². The highest BCUT2D eigenvalue weighted by Crippen LogP contribution is 2.36. The van der Waals surface area contributed by atoms with Crippen LogP contribution in [-0.4, -0.2) is 46.2 Å². The lowest BCUT2D eigenvalue weighted by Crippen LogP contribution is -2.44. The molecule has 1 amide bonds. The van der Waals surface area contributed by atoms with E-state index in [0.717, 1.165) is 6.42 Å². The molecule has 5 heteroatoms. The van der Waals surface area contributed by atoms with Gasteiger partial charge < -0.3 is 14.7 Å². The number of aliphatic carboxylic acids is 1. The van der Waals surface area contributed by atoms with Crippen molar-refractivity contribution in [3.8, 4) is 0 Å². The summed E-state index contributed by atoms with van der Waals surface area (Å²) in [4.78, 5) is 23.9. The Bertz CT molecular complexity index is 304. The van der Waals surface area contributed by atoms with E-state index in [0.29, 0.717) is 6.42 Å². The Morgan fingerprint density at radius 2 is 2.07 bits per heavy atom. The van der Waals surface area contributed by atoms with Crippen LogP contribution in [0.2, 0.25) is 0 Å². The van der Waals surface area contributed by atoms with Gasteiger partial charge in [0.2, 0.25) is 5.91 Å². The third-order valence-corrected chi connectivity index (χ3v) is 3.21. The van der Waals surface area contributed by atoms with Crippen molar-refractivity contribution in [3.05, 3.63) is 0 Å². The molecule has 0 aromatic rings. The molecule has 0 aliphatic carbocycles. The van der Waals surface area contributed by atoms with Gasteiger partial charge in [-0.3, -0.25) is 4.79 Å². The predicted molar refractivity (Wildman–Crippen MR) is 51.3 cm³/mol. The molecule has 4 atom stereocenters. The number of likely N-dealkylation sites (tertiary alicyclic amines) is 1.